The van der Waals surface area contributed by atoms with Crippen molar-refractivity contribution in [1.29, 1.82) is 0 Å². The summed E-state index contributed by atoms with van der Waals surface area (Å²) in [5, 5.41) is 0. The fraction of sp³-hybridized carbons (Fsp3) is 0.368. The monoisotopic (exact) mass is 254 g/mol. The third-order valence-electron chi connectivity index (χ3n) is 3.18. The van der Waals surface area contributed by atoms with Gasteiger partial charge in [-0.25, -0.2) is 0 Å². The molecular formula is C19H26. The van der Waals surface area contributed by atoms with Crippen molar-refractivity contribution >= 4 is 5.57 Å². The van der Waals surface area contributed by atoms with E-state index in [1.165, 1.54) is 35.1 Å². The highest BCUT2D eigenvalue weighted by Crippen LogP contribution is 2.32. The summed E-state index contributed by atoms with van der Waals surface area (Å²) in [7, 11) is 0. The zero-order valence-corrected chi connectivity index (χ0v) is 12.7. The summed E-state index contributed by atoms with van der Waals surface area (Å²) >= 11 is 0. The van der Waals surface area contributed by atoms with Gasteiger partial charge in [-0.1, -0.05) is 76.3 Å². The molecule has 0 aliphatic heterocycles. The van der Waals surface area contributed by atoms with Crippen LogP contribution in [0.5, 0.6) is 0 Å². The summed E-state index contributed by atoms with van der Waals surface area (Å²) in [5.41, 5.74) is 5.81. The first kappa shape index (κ1) is 15.5. The molecule has 0 bridgehead atoms. The standard InChI is InChI=1S/C15H14.2C2H6/c1-3-10-14-12(6-1)8-5-9-13-7-2-4-11-15(13)14;2*1-2/h1,3-6,9-11H,2,7-8H2;2*1-2H3. The Morgan fingerprint density at radius 3 is 2.37 bits per heavy atom. The minimum absolute atomic E-state index is 1.07. The van der Waals surface area contributed by atoms with Gasteiger partial charge in [0.1, 0.15) is 0 Å². The molecule has 0 aromatic heterocycles. The van der Waals surface area contributed by atoms with E-state index >= 15 is 0 Å². The lowest BCUT2D eigenvalue weighted by atomic mass is 9.91. The second-order valence-corrected chi connectivity index (χ2v) is 4.14. The van der Waals surface area contributed by atoms with E-state index in [9.17, 15) is 0 Å². The second kappa shape index (κ2) is 8.53. The van der Waals surface area contributed by atoms with Crippen molar-refractivity contribution in [3.8, 4) is 0 Å². The molecule has 0 spiro atoms. The predicted molar refractivity (Wildman–Crippen MR) is 87.3 cm³/mol. The van der Waals surface area contributed by atoms with Gasteiger partial charge in [0.25, 0.3) is 0 Å². The van der Waals surface area contributed by atoms with Gasteiger partial charge in [0, 0.05) is 0 Å². The minimum atomic E-state index is 1.07. The van der Waals surface area contributed by atoms with Crippen LogP contribution >= 0.6 is 0 Å². The molecule has 0 heterocycles. The molecule has 0 N–H and O–H groups in total. The number of allylic oxidation sites excluding steroid dienone is 6. The van der Waals surface area contributed by atoms with Gasteiger partial charge in [-0.2, -0.15) is 0 Å². The van der Waals surface area contributed by atoms with Crippen molar-refractivity contribution < 1.29 is 0 Å². The number of benzene rings is 1. The van der Waals surface area contributed by atoms with Crippen LogP contribution in [0.15, 0.2) is 54.1 Å². The van der Waals surface area contributed by atoms with E-state index in [-0.39, 0.29) is 0 Å². The SMILES string of the molecule is C1=CC2=C(C=CCc3ccccc32)CC1.CC.CC. The lowest BCUT2D eigenvalue weighted by Gasteiger charge is -2.14. The number of fused-ring (bicyclic) bond motifs is 2. The minimum Gasteiger partial charge on any atom is -0.0836 e. The Morgan fingerprint density at radius 1 is 0.842 bits per heavy atom. The molecule has 102 valence electrons. The van der Waals surface area contributed by atoms with Crippen molar-refractivity contribution in [1.82, 2.24) is 0 Å². The maximum atomic E-state index is 2.30. The summed E-state index contributed by atoms with van der Waals surface area (Å²) in [4.78, 5) is 0. The van der Waals surface area contributed by atoms with Crippen molar-refractivity contribution in [3.63, 3.8) is 0 Å². The van der Waals surface area contributed by atoms with Crippen LogP contribution in [0.3, 0.4) is 0 Å². The van der Waals surface area contributed by atoms with Crippen LogP contribution in [0.2, 0.25) is 0 Å². The third kappa shape index (κ3) is 3.70. The molecule has 0 saturated carbocycles. The average molecular weight is 254 g/mol. The van der Waals surface area contributed by atoms with Gasteiger partial charge < -0.3 is 0 Å². The predicted octanol–water partition coefficient (Wildman–Crippen LogP) is 5.95. The summed E-state index contributed by atoms with van der Waals surface area (Å²) in [6.45, 7) is 8.00. The Hall–Kier alpha value is -1.56. The van der Waals surface area contributed by atoms with E-state index in [0.29, 0.717) is 0 Å². The Morgan fingerprint density at radius 2 is 1.58 bits per heavy atom. The van der Waals surface area contributed by atoms with Gasteiger partial charge >= 0.3 is 0 Å². The number of rotatable bonds is 0. The molecule has 0 nitrogen and oxygen atoms in total. The van der Waals surface area contributed by atoms with E-state index < -0.39 is 0 Å². The molecule has 0 fully saturated rings. The highest BCUT2D eigenvalue weighted by molar-refractivity contribution is 5.81. The van der Waals surface area contributed by atoms with Crippen molar-refractivity contribution in [2.75, 3.05) is 0 Å². The molecule has 0 amide bonds. The quantitative estimate of drug-likeness (QED) is 0.536. The number of hydrogen-bond donors (Lipinski definition) is 0. The molecule has 1 aromatic carbocycles. The normalized spacial score (nSPS) is 15.2. The van der Waals surface area contributed by atoms with E-state index in [4.69, 9.17) is 0 Å². The molecule has 2 aliphatic rings. The van der Waals surface area contributed by atoms with Gasteiger partial charge in [0.05, 0.1) is 0 Å². The van der Waals surface area contributed by atoms with Gasteiger partial charge in [-0.3, -0.25) is 0 Å². The summed E-state index contributed by atoms with van der Waals surface area (Å²) in [6, 6.07) is 8.74. The van der Waals surface area contributed by atoms with E-state index in [2.05, 4.69) is 48.6 Å². The summed E-state index contributed by atoms with van der Waals surface area (Å²) in [6.07, 6.45) is 12.6. The van der Waals surface area contributed by atoms with Crippen molar-refractivity contribution in [2.24, 2.45) is 0 Å². The molecule has 0 heteroatoms. The first-order valence-corrected chi connectivity index (χ1v) is 7.59. The van der Waals surface area contributed by atoms with Crippen LogP contribution in [0.1, 0.15) is 51.7 Å². The lowest BCUT2D eigenvalue weighted by Crippen LogP contribution is -1.94. The van der Waals surface area contributed by atoms with Crippen LogP contribution in [0.4, 0.5) is 0 Å². The molecule has 2 aliphatic carbocycles. The van der Waals surface area contributed by atoms with Crippen LogP contribution in [-0.4, -0.2) is 0 Å². The van der Waals surface area contributed by atoms with E-state index in [1.54, 1.807) is 0 Å². The van der Waals surface area contributed by atoms with Crippen LogP contribution in [0.25, 0.3) is 5.57 Å². The first-order valence-electron chi connectivity index (χ1n) is 7.59. The smallest absolute Gasteiger partial charge is 0.00881 e. The fourth-order valence-corrected chi connectivity index (χ4v) is 2.41. The first-order chi connectivity index (χ1) is 9.45. The Balaban J connectivity index is 0.000000415. The molecule has 3 rings (SSSR count). The van der Waals surface area contributed by atoms with Crippen LogP contribution < -0.4 is 0 Å². The Kier molecular flexibility index (Phi) is 6.95. The zero-order valence-electron chi connectivity index (χ0n) is 12.7. The molecule has 0 unspecified atom stereocenters. The van der Waals surface area contributed by atoms with Gasteiger partial charge in [0.15, 0.2) is 0 Å². The maximum absolute atomic E-state index is 2.30. The second-order valence-electron chi connectivity index (χ2n) is 4.14. The highest BCUT2D eigenvalue weighted by atomic mass is 14.2. The zero-order chi connectivity index (χ0) is 14.1. The summed E-state index contributed by atoms with van der Waals surface area (Å²) in [5.74, 6) is 0. The maximum Gasteiger partial charge on any atom is -0.00881 e. The Bertz CT molecular complexity index is 473. The fourth-order valence-electron chi connectivity index (χ4n) is 2.41. The highest BCUT2D eigenvalue weighted by Gasteiger charge is 2.13. The molecule has 19 heavy (non-hydrogen) atoms. The summed E-state index contributed by atoms with van der Waals surface area (Å²) < 4.78 is 0. The van der Waals surface area contributed by atoms with E-state index in [0.717, 1.165) is 6.42 Å². The van der Waals surface area contributed by atoms with Gasteiger partial charge in [-0.15, -0.1) is 0 Å². The molecular weight excluding hydrogens is 228 g/mol. The number of hydrogen-bond acceptors (Lipinski definition) is 0. The topological polar surface area (TPSA) is 0 Å². The Labute approximate surface area is 118 Å². The molecule has 1 aromatic rings. The largest absolute Gasteiger partial charge is 0.0836 e. The third-order valence-corrected chi connectivity index (χ3v) is 3.18. The van der Waals surface area contributed by atoms with Crippen molar-refractivity contribution in [3.05, 3.63) is 65.3 Å². The van der Waals surface area contributed by atoms with Crippen LogP contribution in [-0.2, 0) is 6.42 Å². The molecule has 0 saturated heterocycles. The molecule has 0 atom stereocenters. The van der Waals surface area contributed by atoms with Crippen LogP contribution in [0, 0.1) is 0 Å². The van der Waals surface area contributed by atoms with E-state index in [1.807, 2.05) is 27.7 Å². The average Bonchev–Trinajstić information content (AvgIpc) is 2.71. The molecule has 0 radical (unpaired) electrons. The van der Waals surface area contributed by atoms with Gasteiger partial charge in [-0.05, 0) is 41.5 Å². The lowest BCUT2D eigenvalue weighted by molar-refractivity contribution is 0.997. The van der Waals surface area contributed by atoms with Gasteiger partial charge in [0.2, 0.25) is 0 Å². The van der Waals surface area contributed by atoms with Crippen molar-refractivity contribution in [2.45, 2.75) is 47.0 Å².